The normalized spacial score (nSPS) is 10.1. The molecular formula is C10H7ClO4S. The van der Waals surface area contributed by atoms with Crippen molar-refractivity contribution in [2.75, 3.05) is 7.11 Å². The minimum atomic E-state index is -3.78. The summed E-state index contributed by atoms with van der Waals surface area (Å²) < 4.78 is 26.3. The Bertz CT molecular complexity index is 566. The highest BCUT2D eigenvalue weighted by Crippen LogP contribution is 2.15. The molecular weight excluding hydrogens is 252 g/mol. The summed E-state index contributed by atoms with van der Waals surface area (Å²) in [6.45, 7) is 0. The molecule has 84 valence electrons. The molecule has 0 aliphatic carbocycles. The molecule has 0 aromatic heterocycles. The standard InChI is InChI=1S/C10H7ClO4S/c1-15-10(12)6-5-8-3-2-4-9(7-8)16(11,13)14/h2-4,7H,1H3. The second kappa shape index (κ2) is 5.01. The Morgan fingerprint density at radius 1 is 1.44 bits per heavy atom. The van der Waals surface area contributed by atoms with Crippen LogP contribution < -0.4 is 0 Å². The van der Waals surface area contributed by atoms with Crippen LogP contribution in [0.1, 0.15) is 5.56 Å². The molecule has 4 nitrogen and oxygen atoms in total. The zero-order valence-electron chi connectivity index (χ0n) is 8.23. The SMILES string of the molecule is COC(=O)C#Cc1cccc(S(=O)(=O)Cl)c1. The van der Waals surface area contributed by atoms with E-state index in [1.807, 2.05) is 0 Å². The number of esters is 1. The lowest BCUT2D eigenvalue weighted by molar-refractivity contribution is -0.133. The van der Waals surface area contributed by atoms with Crippen molar-refractivity contribution < 1.29 is 17.9 Å². The zero-order valence-corrected chi connectivity index (χ0v) is 9.80. The molecule has 0 radical (unpaired) electrons. The molecule has 0 heterocycles. The van der Waals surface area contributed by atoms with E-state index in [4.69, 9.17) is 10.7 Å². The highest BCUT2D eigenvalue weighted by atomic mass is 35.7. The van der Waals surface area contributed by atoms with E-state index in [0.29, 0.717) is 5.56 Å². The van der Waals surface area contributed by atoms with Crippen LogP contribution in [0.4, 0.5) is 0 Å². The summed E-state index contributed by atoms with van der Waals surface area (Å²) in [5.41, 5.74) is 0.368. The van der Waals surface area contributed by atoms with Gasteiger partial charge in [-0.1, -0.05) is 12.0 Å². The number of hydrogen-bond acceptors (Lipinski definition) is 4. The van der Waals surface area contributed by atoms with Crippen LogP contribution in [0.15, 0.2) is 29.2 Å². The second-order valence-corrected chi connectivity index (χ2v) is 5.27. The number of carbonyl (C=O) groups is 1. The number of carbonyl (C=O) groups excluding carboxylic acids is 1. The summed E-state index contributed by atoms with van der Waals surface area (Å²) in [6, 6.07) is 5.65. The summed E-state index contributed by atoms with van der Waals surface area (Å²) in [5.74, 6) is 3.94. The topological polar surface area (TPSA) is 60.4 Å². The van der Waals surface area contributed by atoms with Gasteiger partial charge in [0, 0.05) is 22.2 Å². The van der Waals surface area contributed by atoms with E-state index < -0.39 is 15.0 Å². The number of benzene rings is 1. The van der Waals surface area contributed by atoms with Crippen LogP contribution in [0.3, 0.4) is 0 Å². The van der Waals surface area contributed by atoms with Gasteiger partial charge >= 0.3 is 5.97 Å². The van der Waals surface area contributed by atoms with Gasteiger partial charge in [0.05, 0.1) is 12.0 Å². The summed E-state index contributed by atoms with van der Waals surface area (Å²) in [6.07, 6.45) is 0. The summed E-state index contributed by atoms with van der Waals surface area (Å²) in [4.78, 5) is 10.7. The van der Waals surface area contributed by atoms with Gasteiger partial charge in [0.1, 0.15) is 0 Å². The van der Waals surface area contributed by atoms with Gasteiger partial charge in [0.2, 0.25) is 0 Å². The van der Waals surface area contributed by atoms with E-state index in [2.05, 4.69) is 16.6 Å². The molecule has 0 aliphatic rings. The second-order valence-electron chi connectivity index (χ2n) is 2.71. The number of hydrogen-bond donors (Lipinski definition) is 0. The third-order valence-electron chi connectivity index (χ3n) is 1.61. The van der Waals surface area contributed by atoms with Crippen LogP contribution in [-0.2, 0) is 18.6 Å². The first-order valence-corrected chi connectivity index (χ1v) is 6.39. The van der Waals surface area contributed by atoms with Gasteiger partial charge in [-0.05, 0) is 18.2 Å². The predicted molar refractivity (Wildman–Crippen MR) is 58.4 cm³/mol. The molecule has 0 spiro atoms. The first kappa shape index (κ1) is 12.6. The minimum Gasteiger partial charge on any atom is -0.459 e. The van der Waals surface area contributed by atoms with Crippen molar-refractivity contribution in [3.05, 3.63) is 29.8 Å². The quantitative estimate of drug-likeness (QED) is 0.431. The fraction of sp³-hybridized carbons (Fsp3) is 0.100. The summed E-state index contributed by atoms with van der Waals surface area (Å²) >= 11 is 0. The molecule has 0 N–H and O–H groups in total. The first-order valence-electron chi connectivity index (χ1n) is 4.08. The third-order valence-corrected chi connectivity index (χ3v) is 2.96. The lowest BCUT2D eigenvalue weighted by Gasteiger charge is -1.95. The maximum absolute atomic E-state index is 11.0. The molecule has 0 unspecified atom stereocenters. The Morgan fingerprint density at radius 2 is 2.12 bits per heavy atom. The van der Waals surface area contributed by atoms with E-state index in [9.17, 15) is 13.2 Å². The molecule has 1 aromatic rings. The van der Waals surface area contributed by atoms with E-state index in [1.54, 1.807) is 6.07 Å². The van der Waals surface area contributed by atoms with Gasteiger partial charge < -0.3 is 4.74 Å². The third kappa shape index (κ3) is 3.57. The van der Waals surface area contributed by atoms with E-state index >= 15 is 0 Å². The van der Waals surface area contributed by atoms with Crippen molar-refractivity contribution in [3.63, 3.8) is 0 Å². The van der Waals surface area contributed by atoms with Crippen molar-refractivity contribution in [1.29, 1.82) is 0 Å². The highest BCUT2D eigenvalue weighted by molar-refractivity contribution is 8.13. The van der Waals surface area contributed by atoms with Crippen molar-refractivity contribution >= 4 is 25.7 Å². The van der Waals surface area contributed by atoms with Crippen LogP contribution in [0, 0.1) is 11.8 Å². The maximum atomic E-state index is 11.0. The maximum Gasteiger partial charge on any atom is 0.384 e. The molecule has 1 rings (SSSR count). The van der Waals surface area contributed by atoms with Crippen LogP contribution in [0.5, 0.6) is 0 Å². The fourth-order valence-electron chi connectivity index (χ4n) is 0.900. The van der Waals surface area contributed by atoms with Gasteiger partial charge in [-0.3, -0.25) is 0 Å². The van der Waals surface area contributed by atoms with Crippen LogP contribution in [0.25, 0.3) is 0 Å². The predicted octanol–water partition coefficient (Wildman–Crippen LogP) is 1.14. The Kier molecular flexibility index (Phi) is 3.93. The molecule has 0 aliphatic heterocycles. The largest absolute Gasteiger partial charge is 0.459 e. The van der Waals surface area contributed by atoms with Crippen LogP contribution in [0.2, 0.25) is 0 Å². The number of ether oxygens (including phenoxy) is 1. The van der Waals surface area contributed by atoms with Crippen molar-refractivity contribution in [3.8, 4) is 11.8 Å². The lowest BCUT2D eigenvalue weighted by atomic mass is 10.2. The van der Waals surface area contributed by atoms with E-state index in [0.717, 1.165) is 0 Å². The molecule has 1 aromatic carbocycles. The van der Waals surface area contributed by atoms with E-state index in [1.165, 1.54) is 25.3 Å². The van der Waals surface area contributed by atoms with Crippen molar-refractivity contribution in [2.24, 2.45) is 0 Å². The smallest absolute Gasteiger partial charge is 0.384 e. The molecule has 0 bridgehead atoms. The van der Waals surface area contributed by atoms with E-state index in [-0.39, 0.29) is 4.90 Å². The lowest BCUT2D eigenvalue weighted by Crippen LogP contribution is -1.95. The Labute approximate surface area is 97.6 Å². The Balaban J connectivity index is 3.08. The molecule has 0 fully saturated rings. The first-order chi connectivity index (χ1) is 7.43. The highest BCUT2D eigenvalue weighted by Gasteiger charge is 2.09. The van der Waals surface area contributed by atoms with Gasteiger partial charge in [-0.15, -0.1) is 0 Å². The number of halogens is 1. The minimum absolute atomic E-state index is 0.0640. The fourth-order valence-corrected chi connectivity index (χ4v) is 1.70. The van der Waals surface area contributed by atoms with Gasteiger partial charge in [0.15, 0.2) is 0 Å². The number of rotatable bonds is 1. The van der Waals surface area contributed by atoms with Crippen molar-refractivity contribution in [1.82, 2.24) is 0 Å². The number of methoxy groups -OCH3 is 1. The average Bonchev–Trinajstić information content (AvgIpc) is 2.25. The summed E-state index contributed by atoms with van der Waals surface area (Å²) in [5, 5.41) is 0. The Hall–Kier alpha value is -1.51. The van der Waals surface area contributed by atoms with Crippen LogP contribution in [-0.4, -0.2) is 21.5 Å². The molecule has 0 saturated heterocycles. The molecule has 0 saturated carbocycles. The molecule has 6 heteroatoms. The Morgan fingerprint density at radius 3 is 2.69 bits per heavy atom. The monoisotopic (exact) mass is 258 g/mol. The molecule has 16 heavy (non-hydrogen) atoms. The van der Waals surface area contributed by atoms with Gasteiger partial charge in [-0.25, -0.2) is 13.2 Å². The molecule has 0 atom stereocenters. The van der Waals surface area contributed by atoms with Gasteiger partial charge in [-0.2, -0.15) is 0 Å². The van der Waals surface area contributed by atoms with Crippen LogP contribution >= 0.6 is 10.7 Å². The zero-order chi connectivity index (χ0) is 12.2. The van der Waals surface area contributed by atoms with Gasteiger partial charge in [0.25, 0.3) is 9.05 Å². The summed E-state index contributed by atoms with van der Waals surface area (Å²) in [7, 11) is 2.58. The average molecular weight is 259 g/mol. The molecule has 0 amide bonds. The van der Waals surface area contributed by atoms with Crippen molar-refractivity contribution in [2.45, 2.75) is 4.90 Å².